The van der Waals surface area contributed by atoms with E-state index >= 15 is 0 Å². The topological polar surface area (TPSA) is 60.9 Å². The summed E-state index contributed by atoms with van der Waals surface area (Å²) >= 11 is 0. The lowest BCUT2D eigenvalue weighted by Gasteiger charge is -2.10. The SMILES string of the molecule is Cc1cccc(=O)n1Cc1cccnc1N. The molecule has 2 aromatic heterocycles. The minimum Gasteiger partial charge on any atom is -0.383 e. The standard InChI is InChI=1S/C12H13N3O/c1-9-4-2-6-11(16)15(9)8-10-5-3-7-14-12(10)13/h2-7H,8H2,1H3,(H2,13,14). The molecule has 2 aromatic rings. The molecular weight excluding hydrogens is 202 g/mol. The highest BCUT2D eigenvalue weighted by Crippen LogP contribution is 2.09. The third-order valence-electron chi connectivity index (χ3n) is 2.52. The smallest absolute Gasteiger partial charge is 0.251 e. The Labute approximate surface area is 93.4 Å². The Morgan fingerprint density at radius 2 is 2.12 bits per heavy atom. The molecule has 0 aromatic carbocycles. The quantitative estimate of drug-likeness (QED) is 0.818. The average molecular weight is 215 g/mol. The van der Waals surface area contributed by atoms with Crippen LogP contribution in [0.15, 0.2) is 41.3 Å². The van der Waals surface area contributed by atoms with Crippen molar-refractivity contribution >= 4 is 5.82 Å². The molecule has 4 heteroatoms. The van der Waals surface area contributed by atoms with Crippen LogP contribution in [-0.4, -0.2) is 9.55 Å². The van der Waals surface area contributed by atoms with Crippen molar-refractivity contribution in [2.24, 2.45) is 0 Å². The number of pyridine rings is 2. The first-order valence-corrected chi connectivity index (χ1v) is 5.04. The molecule has 0 fully saturated rings. The number of rotatable bonds is 2. The second kappa shape index (κ2) is 4.18. The zero-order valence-electron chi connectivity index (χ0n) is 9.05. The molecule has 0 atom stereocenters. The lowest BCUT2D eigenvalue weighted by atomic mass is 10.2. The van der Waals surface area contributed by atoms with Crippen LogP contribution in [0.4, 0.5) is 5.82 Å². The molecule has 0 aliphatic carbocycles. The summed E-state index contributed by atoms with van der Waals surface area (Å²) in [5, 5.41) is 0. The van der Waals surface area contributed by atoms with Gasteiger partial charge in [-0.15, -0.1) is 0 Å². The van der Waals surface area contributed by atoms with Gasteiger partial charge in [0, 0.05) is 23.5 Å². The minimum absolute atomic E-state index is 0.0248. The molecule has 0 bridgehead atoms. The predicted octanol–water partition coefficient (Wildman–Crippen LogP) is 1.18. The van der Waals surface area contributed by atoms with Gasteiger partial charge in [-0.3, -0.25) is 4.79 Å². The Bertz CT molecular complexity index is 560. The van der Waals surface area contributed by atoms with Crippen molar-refractivity contribution in [1.29, 1.82) is 0 Å². The van der Waals surface area contributed by atoms with E-state index in [1.807, 2.05) is 25.1 Å². The number of hydrogen-bond donors (Lipinski definition) is 1. The Balaban J connectivity index is 2.42. The van der Waals surface area contributed by atoms with Crippen LogP contribution < -0.4 is 11.3 Å². The molecule has 4 nitrogen and oxygen atoms in total. The molecule has 2 heterocycles. The van der Waals surface area contributed by atoms with Gasteiger partial charge in [0.25, 0.3) is 5.56 Å². The monoisotopic (exact) mass is 215 g/mol. The largest absolute Gasteiger partial charge is 0.383 e. The zero-order valence-corrected chi connectivity index (χ0v) is 9.05. The van der Waals surface area contributed by atoms with Crippen LogP contribution >= 0.6 is 0 Å². The average Bonchev–Trinajstić information content (AvgIpc) is 2.26. The van der Waals surface area contributed by atoms with E-state index in [4.69, 9.17) is 5.73 Å². The Hall–Kier alpha value is -2.10. The third kappa shape index (κ3) is 1.95. The van der Waals surface area contributed by atoms with Crippen LogP contribution in [0.5, 0.6) is 0 Å². The van der Waals surface area contributed by atoms with Crippen LogP contribution in [0.1, 0.15) is 11.3 Å². The van der Waals surface area contributed by atoms with Gasteiger partial charge in [-0.05, 0) is 19.1 Å². The van der Waals surface area contributed by atoms with E-state index in [-0.39, 0.29) is 5.56 Å². The number of nitrogen functional groups attached to an aromatic ring is 1. The molecule has 0 aliphatic heterocycles. The van der Waals surface area contributed by atoms with Crippen LogP contribution in [0.3, 0.4) is 0 Å². The maximum absolute atomic E-state index is 11.7. The second-order valence-corrected chi connectivity index (χ2v) is 3.64. The van der Waals surface area contributed by atoms with Gasteiger partial charge >= 0.3 is 0 Å². The molecule has 82 valence electrons. The van der Waals surface area contributed by atoms with Crippen molar-refractivity contribution in [3.8, 4) is 0 Å². The Morgan fingerprint density at radius 1 is 1.31 bits per heavy atom. The van der Waals surface area contributed by atoms with Crippen molar-refractivity contribution in [2.45, 2.75) is 13.5 Å². The van der Waals surface area contributed by atoms with E-state index in [1.54, 1.807) is 22.9 Å². The van der Waals surface area contributed by atoms with Crippen molar-refractivity contribution in [3.05, 3.63) is 58.1 Å². The summed E-state index contributed by atoms with van der Waals surface area (Å²) in [6, 6.07) is 8.88. The van der Waals surface area contributed by atoms with Crippen LogP contribution in [-0.2, 0) is 6.54 Å². The molecule has 16 heavy (non-hydrogen) atoms. The van der Waals surface area contributed by atoms with E-state index in [0.717, 1.165) is 11.3 Å². The number of nitrogens with two attached hydrogens (primary N) is 1. The van der Waals surface area contributed by atoms with Crippen molar-refractivity contribution in [2.75, 3.05) is 5.73 Å². The van der Waals surface area contributed by atoms with Crippen LogP contribution in [0.25, 0.3) is 0 Å². The summed E-state index contributed by atoms with van der Waals surface area (Å²) in [5.41, 5.74) is 7.49. The normalized spacial score (nSPS) is 10.3. The second-order valence-electron chi connectivity index (χ2n) is 3.64. The first kappa shape index (κ1) is 10.4. The summed E-state index contributed by atoms with van der Waals surface area (Å²) in [5.74, 6) is 0.470. The number of hydrogen-bond acceptors (Lipinski definition) is 3. The summed E-state index contributed by atoms with van der Waals surface area (Å²) in [7, 11) is 0. The van der Waals surface area contributed by atoms with Crippen molar-refractivity contribution in [1.82, 2.24) is 9.55 Å². The highest BCUT2D eigenvalue weighted by Gasteiger charge is 2.03. The van der Waals surface area contributed by atoms with Crippen molar-refractivity contribution < 1.29 is 0 Å². The molecule has 0 amide bonds. The summed E-state index contributed by atoms with van der Waals surface area (Å²) < 4.78 is 1.67. The van der Waals surface area contributed by atoms with Crippen molar-refractivity contribution in [3.63, 3.8) is 0 Å². The number of aromatic nitrogens is 2. The fourth-order valence-electron chi connectivity index (χ4n) is 1.58. The number of aryl methyl sites for hydroxylation is 1. The maximum Gasteiger partial charge on any atom is 0.251 e. The van der Waals surface area contributed by atoms with E-state index in [9.17, 15) is 4.79 Å². The maximum atomic E-state index is 11.7. The van der Waals surface area contributed by atoms with E-state index in [2.05, 4.69) is 4.98 Å². The number of nitrogens with zero attached hydrogens (tertiary/aromatic N) is 2. The highest BCUT2D eigenvalue weighted by atomic mass is 16.1. The zero-order chi connectivity index (χ0) is 11.5. The third-order valence-corrected chi connectivity index (χ3v) is 2.52. The van der Waals surface area contributed by atoms with Gasteiger partial charge in [0.05, 0.1) is 6.54 Å². The van der Waals surface area contributed by atoms with Crippen LogP contribution in [0.2, 0.25) is 0 Å². The van der Waals surface area contributed by atoms with Gasteiger partial charge in [-0.2, -0.15) is 0 Å². The number of anilines is 1. The Morgan fingerprint density at radius 3 is 2.81 bits per heavy atom. The minimum atomic E-state index is -0.0248. The molecule has 0 saturated heterocycles. The van der Waals surface area contributed by atoms with Gasteiger partial charge < -0.3 is 10.3 Å². The van der Waals surface area contributed by atoms with Gasteiger partial charge in [0.15, 0.2) is 0 Å². The summed E-state index contributed by atoms with van der Waals surface area (Å²) in [4.78, 5) is 15.7. The molecule has 2 rings (SSSR count). The van der Waals surface area contributed by atoms with E-state index in [0.29, 0.717) is 12.4 Å². The predicted molar refractivity (Wildman–Crippen MR) is 63.2 cm³/mol. The molecule has 0 aliphatic rings. The Kier molecular flexibility index (Phi) is 2.72. The molecular formula is C12H13N3O. The summed E-state index contributed by atoms with van der Waals surface area (Å²) in [6.45, 7) is 2.36. The van der Waals surface area contributed by atoms with E-state index < -0.39 is 0 Å². The van der Waals surface area contributed by atoms with Gasteiger partial charge in [-0.25, -0.2) is 4.98 Å². The van der Waals surface area contributed by atoms with Gasteiger partial charge in [0.2, 0.25) is 0 Å². The first-order valence-electron chi connectivity index (χ1n) is 5.04. The van der Waals surface area contributed by atoms with Gasteiger partial charge in [-0.1, -0.05) is 12.1 Å². The molecule has 0 unspecified atom stereocenters. The molecule has 2 N–H and O–H groups in total. The van der Waals surface area contributed by atoms with Gasteiger partial charge in [0.1, 0.15) is 5.82 Å². The fourth-order valence-corrected chi connectivity index (χ4v) is 1.58. The van der Waals surface area contributed by atoms with E-state index in [1.165, 1.54) is 0 Å². The highest BCUT2D eigenvalue weighted by molar-refractivity contribution is 5.38. The summed E-state index contributed by atoms with van der Waals surface area (Å²) in [6.07, 6.45) is 1.64. The lowest BCUT2D eigenvalue weighted by Crippen LogP contribution is -2.22. The fraction of sp³-hybridized carbons (Fsp3) is 0.167. The first-order chi connectivity index (χ1) is 7.68. The molecule has 0 spiro atoms. The molecule has 0 saturated carbocycles. The lowest BCUT2D eigenvalue weighted by molar-refractivity contribution is 0.729. The van der Waals surface area contributed by atoms with Crippen LogP contribution in [0, 0.1) is 6.92 Å². The molecule has 0 radical (unpaired) electrons.